The molecule has 0 bridgehead atoms. The van der Waals surface area contributed by atoms with Crippen molar-refractivity contribution < 1.29 is 24.2 Å². The van der Waals surface area contributed by atoms with Crippen LogP contribution in [0.1, 0.15) is 77.2 Å². The van der Waals surface area contributed by atoms with Crippen molar-refractivity contribution in [3.05, 3.63) is 42.0 Å². The number of nitrogens with zero attached hydrogens (tertiary/aromatic N) is 1. The quantitative estimate of drug-likeness (QED) is 0.598. The maximum atomic E-state index is 14.0. The van der Waals surface area contributed by atoms with Crippen LogP contribution < -0.4 is 10.1 Å². The number of hydrogen-bond donors (Lipinski definition) is 2. The Kier molecular flexibility index (Phi) is 7.79. The molecule has 7 heteroatoms. The van der Waals surface area contributed by atoms with E-state index in [-0.39, 0.29) is 17.6 Å². The van der Waals surface area contributed by atoms with E-state index in [0.717, 1.165) is 41.3 Å². The molecule has 2 aromatic rings. The van der Waals surface area contributed by atoms with Crippen molar-refractivity contribution in [2.75, 3.05) is 20.2 Å². The number of amides is 2. The molecule has 1 heterocycles. The lowest BCUT2D eigenvalue weighted by Gasteiger charge is -2.42. The average molecular weight is 497 g/mol. The van der Waals surface area contributed by atoms with E-state index in [0.29, 0.717) is 38.8 Å². The number of hydrogen-bond acceptors (Lipinski definition) is 5. The third-order valence-corrected chi connectivity index (χ3v) is 7.41. The van der Waals surface area contributed by atoms with Gasteiger partial charge < -0.3 is 24.8 Å². The van der Waals surface area contributed by atoms with Gasteiger partial charge in [0.05, 0.1) is 18.6 Å². The van der Waals surface area contributed by atoms with Crippen LogP contribution >= 0.6 is 0 Å². The highest BCUT2D eigenvalue weighted by Gasteiger charge is 2.45. The summed E-state index contributed by atoms with van der Waals surface area (Å²) < 4.78 is 10.9. The summed E-state index contributed by atoms with van der Waals surface area (Å²) >= 11 is 0. The minimum atomic E-state index is -1.06. The second-order valence-electron chi connectivity index (χ2n) is 11.4. The van der Waals surface area contributed by atoms with Crippen molar-refractivity contribution in [1.82, 2.24) is 10.2 Å². The minimum Gasteiger partial charge on any atom is -0.497 e. The first-order valence-electron chi connectivity index (χ1n) is 13.2. The maximum absolute atomic E-state index is 14.0. The number of fused-ring (bicyclic) bond motifs is 1. The highest BCUT2D eigenvalue weighted by Crippen LogP contribution is 2.42. The van der Waals surface area contributed by atoms with Crippen molar-refractivity contribution >= 4 is 22.8 Å². The molecule has 2 N–H and O–H groups in total. The molecule has 7 nitrogen and oxygen atoms in total. The van der Waals surface area contributed by atoms with Crippen LogP contribution in [0, 0.1) is 0 Å². The van der Waals surface area contributed by atoms with Crippen LogP contribution in [0.15, 0.2) is 36.4 Å². The third kappa shape index (κ3) is 6.12. The number of carbonyl (C=O) groups excluding carboxylic acids is 2. The Morgan fingerprint density at radius 2 is 1.67 bits per heavy atom. The normalized spacial score (nSPS) is 19.5. The standard InChI is InChI=1S/C29H40N2O5/c1-28(2,3)30-27(33)36-23-12-16-31(17-13-23)26(32)25(29(34)14-6-5-7-15-29)22-9-8-21-19-24(35-4)11-10-20(21)18-22/h8-11,18-19,23,25,34H,5-7,12-17H2,1-4H3,(H,30,33). The highest BCUT2D eigenvalue weighted by molar-refractivity contribution is 5.89. The zero-order chi connectivity index (χ0) is 25.9. The van der Waals surface area contributed by atoms with Crippen molar-refractivity contribution in [1.29, 1.82) is 0 Å². The topological polar surface area (TPSA) is 88.1 Å². The van der Waals surface area contributed by atoms with Gasteiger partial charge in [-0.3, -0.25) is 4.79 Å². The Morgan fingerprint density at radius 3 is 2.31 bits per heavy atom. The summed E-state index contributed by atoms with van der Waals surface area (Å²) in [6, 6.07) is 11.9. The molecule has 196 valence electrons. The fourth-order valence-electron chi connectivity index (χ4n) is 5.55. The summed E-state index contributed by atoms with van der Waals surface area (Å²) in [5.74, 6) is 0.130. The van der Waals surface area contributed by atoms with Crippen LogP contribution in [0.25, 0.3) is 10.8 Å². The molecule has 1 aliphatic carbocycles. The second kappa shape index (κ2) is 10.7. The molecule has 2 amide bonds. The number of aliphatic hydroxyl groups is 1. The number of benzene rings is 2. The van der Waals surface area contributed by atoms with Gasteiger partial charge in [0.15, 0.2) is 0 Å². The summed E-state index contributed by atoms with van der Waals surface area (Å²) in [5.41, 5.74) is -0.568. The highest BCUT2D eigenvalue weighted by atomic mass is 16.6. The molecule has 2 aromatic carbocycles. The summed E-state index contributed by atoms with van der Waals surface area (Å²) in [6.07, 6.45) is 4.71. The van der Waals surface area contributed by atoms with E-state index in [1.807, 2.05) is 62.1 Å². The molecule has 1 saturated heterocycles. The number of nitrogens with one attached hydrogen (secondary N) is 1. The van der Waals surface area contributed by atoms with Crippen LogP contribution in [0.4, 0.5) is 4.79 Å². The Balaban J connectivity index is 1.53. The molecule has 0 spiro atoms. The molecule has 1 aliphatic heterocycles. The van der Waals surface area contributed by atoms with Gasteiger partial charge in [-0.2, -0.15) is 0 Å². The Labute approximate surface area is 214 Å². The monoisotopic (exact) mass is 496 g/mol. The first-order valence-corrected chi connectivity index (χ1v) is 13.2. The smallest absolute Gasteiger partial charge is 0.407 e. The van der Waals surface area contributed by atoms with Gasteiger partial charge in [-0.15, -0.1) is 0 Å². The number of likely N-dealkylation sites (tertiary alicyclic amines) is 1. The predicted octanol–water partition coefficient (Wildman–Crippen LogP) is 5.14. The molecule has 1 saturated carbocycles. The number of carbonyl (C=O) groups is 2. The first kappa shape index (κ1) is 26.3. The van der Waals surface area contributed by atoms with Crippen molar-refractivity contribution in [2.45, 2.75) is 88.9 Å². The molecule has 2 aliphatic rings. The Morgan fingerprint density at radius 1 is 1.03 bits per heavy atom. The molecule has 36 heavy (non-hydrogen) atoms. The summed E-state index contributed by atoms with van der Waals surface area (Å²) in [7, 11) is 1.65. The van der Waals surface area contributed by atoms with Crippen LogP contribution in [-0.2, 0) is 9.53 Å². The van der Waals surface area contributed by atoms with E-state index >= 15 is 0 Å². The van der Waals surface area contributed by atoms with Gasteiger partial charge in [0.2, 0.25) is 5.91 Å². The van der Waals surface area contributed by atoms with Crippen LogP contribution in [-0.4, -0.2) is 59.5 Å². The lowest BCUT2D eigenvalue weighted by molar-refractivity contribution is -0.143. The molecular formula is C29H40N2O5. The first-order chi connectivity index (χ1) is 17.1. The number of piperidine rings is 1. The zero-order valence-electron chi connectivity index (χ0n) is 22.0. The van der Waals surface area contributed by atoms with Crippen LogP contribution in [0.3, 0.4) is 0 Å². The maximum Gasteiger partial charge on any atom is 0.407 e. The fraction of sp³-hybridized carbons (Fsp3) is 0.586. The zero-order valence-corrected chi connectivity index (χ0v) is 22.0. The number of rotatable bonds is 5. The minimum absolute atomic E-state index is 0.0372. The van der Waals surface area contributed by atoms with Crippen molar-refractivity contribution in [2.24, 2.45) is 0 Å². The Bertz CT molecular complexity index is 1080. The van der Waals surface area contributed by atoms with Crippen molar-refractivity contribution in [3.63, 3.8) is 0 Å². The van der Waals surface area contributed by atoms with E-state index in [2.05, 4.69) is 5.32 Å². The van der Waals surface area contributed by atoms with E-state index in [1.165, 1.54) is 0 Å². The van der Waals surface area contributed by atoms with Gasteiger partial charge in [0, 0.05) is 31.5 Å². The lowest BCUT2D eigenvalue weighted by atomic mass is 9.71. The summed E-state index contributed by atoms with van der Waals surface area (Å²) in [6.45, 7) is 6.74. The van der Waals surface area contributed by atoms with Crippen LogP contribution in [0.5, 0.6) is 5.75 Å². The third-order valence-electron chi connectivity index (χ3n) is 7.41. The van der Waals surface area contributed by atoms with E-state index < -0.39 is 17.6 Å². The number of methoxy groups -OCH3 is 1. The summed E-state index contributed by atoms with van der Waals surface area (Å²) in [4.78, 5) is 28.0. The van der Waals surface area contributed by atoms with Gasteiger partial charge in [-0.25, -0.2) is 4.79 Å². The SMILES string of the molecule is COc1ccc2cc(C(C(=O)N3CCC(OC(=O)NC(C)(C)C)CC3)C3(O)CCCCC3)ccc2c1. The molecule has 1 atom stereocenters. The molecule has 1 unspecified atom stereocenters. The van der Waals surface area contributed by atoms with Gasteiger partial charge in [-0.1, -0.05) is 43.5 Å². The lowest BCUT2D eigenvalue weighted by Crippen LogP contribution is -2.51. The largest absolute Gasteiger partial charge is 0.497 e. The predicted molar refractivity (Wildman–Crippen MR) is 140 cm³/mol. The molecule has 2 fully saturated rings. The van der Waals surface area contributed by atoms with Gasteiger partial charge in [0.1, 0.15) is 11.9 Å². The van der Waals surface area contributed by atoms with Crippen LogP contribution in [0.2, 0.25) is 0 Å². The average Bonchev–Trinajstić information content (AvgIpc) is 2.83. The second-order valence-corrected chi connectivity index (χ2v) is 11.4. The van der Waals surface area contributed by atoms with E-state index in [9.17, 15) is 14.7 Å². The molecule has 4 rings (SSSR count). The van der Waals surface area contributed by atoms with Gasteiger partial charge in [0.25, 0.3) is 0 Å². The Hall–Kier alpha value is -2.80. The van der Waals surface area contributed by atoms with E-state index in [4.69, 9.17) is 9.47 Å². The van der Waals surface area contributed by atoms with E-state index in [1.54, 1.807) is 7.11 Å². The molecule has 0 aromatic heterocycles. The fourth-order valence-corrected chi connectivity index (χ4v) is 5.55. The molecule has 0 radical (unpaired) electrons. The molecular weight excluding hydrogens is 456 g/mol. The van der Waals surface area contributed by atoms with Gasteiger partial charge >= 0.3 is 6.09 Å². The number of alkyl carbamates (subject to hydrolysis) is 1. The van der Waals surface area contributed by atoms with Crippen molar-refractivity contribution in [3.8, 4) is 5.75 Å². The number of ether oxygens (including phenoxy) is 2. The summed E-state index contributed by atoms with van der Waals surface area (Å²) in [5, 5.41) is 16.7. The van der Waals surface area contributed by atoms with Gasteiger partial charge in [-0.05, 0) is 62.1 Å².